The number of aliphatic hydroxyl groups is 1. The Kier molecular flexibility index (Phi) is 3.69. The van der Waals surface area contributed by atoms with Crippen LogP contribution in [-0.2, 0) is 0 Å². The Labute approximate surface area is 109 Å². The van der Waals surface area contributed by atoms with Gasteiger partial charge in [0.05, 0.1) is 12.2 Å². The maximum absolute atomic E-state index is 9.14. The van der Waals surface area contributed by atoms with Crippen molar-refractivity contribution in [1.29, 1.82) is 5.41 Å². The fraction of sp³-hybridized carbons (Fsp3) is 0.417. The van der Waals surface area contributed by atoms with Gasteiger partial charge in [0.25, 0.3) is 0 Å². The van der Waals surface area contributed by atoms with E-state index in [4.69, 9.17) is 16.2 Å². The van der Waals surface area contributed by atoms with Crippen molar-refractivity contribution in [3.8, 4) is 0 Å². The molecule has 1 aromatic carbocycles. The molecular weight excluding hydrogens is 282 g/mol. The molecule has 5 heteroatoms. The number of benzene rings is 1. The van der Waals surface area contributed by atoms with E-state index in [1.54, 1.807) is 0 Å². The van der Waals surface area contributed by atoms with Crippen molar-refractivity contribution in [2.24, 2.45) is 5.73 Å². The van der Waals surface area contributed by atoms with E-state index < -0.39 is 0 Å². The third-order valence-corrected chi connectivity index (χ3v) is 3.56. The monoisotopic (exact) mass is 297 g/mol. The number of anilines is 1. The molecule has 4 nitrogen and oxygen atoms in total. The van der Waals surface area contributed by atoms with Gasteiger partial charge in [-0.25, -0.2) is 0 Å². The molecule has 0 aromatic heterocycles. The number of amidine groups is 1. The number of hydrogen-bond donors (Lipinski definition) is 3. The molecule has 17 heavy (non-hydrogen) atoms. The lowest BCUT2D eigenvalue weighted by Crippen LogP contribution is -2.31. The van der Waals surface area contributed by atoms with Gasteiger partial charge in [-0.2, -0.15) is 0 Å². The molecule has 4 N–H and O–H groups in total. The smallest absolute Gasteiger partial charge is 0.126 e. The highest BCUT2D eigenvalue weighted by molar-refractivity contribution is 9.10. The molecule has 0 saturated heterocycles. The van der Waals surface area contributed by atoms with Crippen molar-refractivity contribution in [3.05, 3.63) is 28.2 Å². The Morgan fingerprint density at radius 3 is 2.76 bits per heavy atom. The number of rotatable bonds is 5. The van der Waals surface area contributed by atoms with Crippen LogP contribution in [0.2, 0.25) is 0 Å². The Bertz CT molecular complexity index is 432. The lowest BCUT2D eigenvalue weighted by Gasteiger charge is -2.26. The van der Waals surface area contributed by atoms with Crippen LogP contribution < -0.4 is 10.6 Å². The van der Waals surface area contributed by atoms with Crippen LogP contribution in [0.5, 0.6) is 0 Å². The minimum Gasteiger partial charge on any atom is -0.395 e. The van der Waals surface area contributed by atoms with E-state index >= 15 is 0 Å². The second-order valence-corrected chi connectivity index (χ2v) is 5.05. The molecule has 0 heterocycles. The number of hydrogen-bond acceptors (Lipinski definition) is 3. The number of nitrogens with one attached hydrogen (secondary N) is 1. The normalized spacial score (nSPS) is 14.7. The summed E-state index contributed by atoms with van der Waals surface area (Å²) in [5.74, 6) is 0.0519. The van der Waals surface area contributed by atoms with Crippen molar-refractivity contribution in [3.63, 3.8) is 0 Å². The third kappa shape index (κ3) is 2.61. The lowest BCUT2D eigenvalue weighted by molar-refractivity contribution is 0.301. The number of aliphatic hydroxyl groups excluding tert-OH is 1. The summed E-state index contributed by atoms with van der Waals surface area (Å²) in [7, 11) is 0. The molecule has 1 fully saturated rings. The van der Waals surface area contributed by atoms with Crippen molar-refractivity contribution in [1.82, 2.24) is 0 Å². The Hall–Kier alpha value is -1.07. The average Bonchev–Trinajstić information content (AvgIpc) is 3.08. The number of nitrogens with zero attached hydrogens (tertiary/aromatic N) is 1. The first-order valence-corrected chi connectivity index (χ1v) is 6.45. The van der Waals surface area contributed by atoms with Crippen molar-refractivity contribution < 1.29 is 5.11 Å². The third-order valence-electron chi connectivity index (χ3n) is 2.90. The van der Waals surface area contributed by atoms with Gasteiger partial charge in [-0.1, -0.05) is 6.07 Å². The standard InChI is InChI=1S/C12H16BrN3O/c13-9-2-1-3-10(11(9)12(14)15)16(6-7-17)8-4-5-8/h1-3,8,17H,4-7H2,(H3,14,15). The fourth-order valence-corrected chi connectivity index (χ4v) is 2.58. The molecule has 0 bridgehead atoms. The second-order valence-electron chi connectivity index (χ2n) is 4.20. The Morgan fingerprint density at radius 1 is 1.53 bits per heavy atom. The van der Waals surface area contributed by atoms with Gasteiger partial charge >= 0.3 is 0 Å². The molecule has 1 aliphatic rings. The molecule has 0 amide bonds. The van der Waals surface area contributed by atoms with Crippen LogP contribution in [0.4, 0.5) is 5.69 Å². The van der Waals surface area contributed by atoms with E-state index in [0.717, 1.165) is 23.0 Å². The summed E-state index contributed by atoms with van der Waals surface area (Å²) < 4.78 is 0.825. The van der Waals surface area contributed by atoms with Crippen molar-refractivity contribution >= 4 is 27.5 Å². The predicted octanol–water partition coefficient (Wildman–Crippen LogP) is 1.69. The van der Waals surface area contributed by atoms with Crippen LogP contribution in [0, 0.1) is 5.41 Å². The first kappa shape index (κ1) is 12.4. The van der Waals surface area contributed by atoms with Gasteiger partial charge in [-0.05, 0) is 40.9 Å². The minimum atomic E-state index is 0.0519. The summed E-state index contributed by atoms with van der Waals surface area (Å²) in [5, 5.41) is 16.8. The zero-order chi connectivity index (χ0) is 12.4. The second kappa shape index (κ2) is 5.06. The molecule has 1 saturated carbocycles. The summed E-state index contributed by atoms with van der Waals surface area (Å²) in [6.07, 6.45) is 2.29. The van der Waals surface area contributed by atoms with Crippen LogP contribution in [0.15, 0.2) is 22.7 Å². The van der Waals surface area contributed by atoms with Gasteiger partial charge in [0.1, 0.15) is 5.84 Å². The van der Waals surface area contributed by atoms with Crippen LogP contribution in [0.3, 0.4) is 0 Å². The summed E-state index contributed by atoms with van der Waals surface area (Å²) in [6.45, 7) is 0.696. The predicted molar refractivity (Wildman–Crippen MR) is 72.6 cm³/mol. The van der Waals surface area contributed by atoms with Crippen molar-refractivity contribution in [2.75, 3.05) is 18.1 Å². The zero-order valence-corrected chi connectivity index (χ0v) is 11.1. The Morgan fingerprint density at radius 2 is 2.24 bits per heavy atom. The van der Waals surface area contributed by atoms with Crippen LogP contribution in [0.1, 0.15) is 18.4 Å². The highest BCUT2D eigenvalue weighted by Crippen LogP contribution is 2.35. The molecule has 0 unspecified atom stereocenters. The van der Waals surface area contributed by atoms with Gasteiger partial charge in [-0.15, -0.1) is 0 Å². The first-order valence-electron chi connectivity index (χ1n) is 5.65. The average molecular weight is 298 g/mol. The molecular formula is C12H16BrN3O. The van der Waals surface area contributed by atoms with Crippen LogP contribution >= 0.6 is 15.9 Å². The maximum Gasteiger partial charge on any atom is 0.126 e. The van der Waals surface area contributed by atoms with E-state index in [1.165, 1.54) is 0 Å². The molecule has 1 aliphatic carbocycles. The van der Waals surface area contributed by atoms with Gasteiger partial charge in [0.15, 0.2) is 0 Å². The molecule has 1 aromatic rings. The molecule has 0 atom stereocenters. The summed E-state index contributed by atoms with van der Waals surface area (Å²) in [5.41, 5.74) is 7.28. The van der Waals surface area contributed by atoms with Crippen molar-refractivity contribution in [2.45, 2.75) is 18.9 Å². The lowest BCUT2D eigenvalue weighted by atomic mass is 10.1. The molecule has 2 rings (SSSR count). The quantitative estimate of drug-likeness (QED) is 0.572. The molecule has 0 spiro atoms. The van der Waals surface area contributed by atoms with E-state index in [1.807, 2.05) is 18.2 Å². The van der Waals surface area contributed by atoms with E-state index in [9.17, 15) is 0 Å². The number of halogens is 1. The van der Waals surface area contributed by atoms with Gasteiger partial charge < -0.3 is 15.7 Å². The van der Waals surface area contributed by atoms with Crippen LogP contribution in [-0.4, -0.2) is 30.1 Å². The minimum absolute atomic E-state index is 0.0519. The summed E-state index contributed by atoms with van der Waals surface area (Å²) >= 11 is 3.43. The highest BCUT2D eigenvalue weighted by atomic mass is 79.9. The SMILES string of the molecule is N=C(N)c1c(Br)cccc1N(CCO)C1CC1. The Balaban J connectivity index is 2.41. The molecule has 92 valence electrons. The maximum atomic E-state index is 9.14. The van der Waals surface area contributed by atoms with Crippen LogP contribution in [0.25, 0.3) is 0 Å². The summed E-state index contributed by atoms with van der Waals surface area (Å²) in [6, 6.07) is 6.24. The van der Waals surface area contributed by atoms with E-state index in [2.05, 4.69) is 20.8 Å². The molecule has 0 aliphatic heterocycles. The van der Waals surface area contributed by atoms with Gasteiger partial charge in [0, 0.05) is 22.7 Å². The highest BCUT2D eigenvalue weighted by Gasteiger charge is 2.30. The zero-order valence-electron chi connectivity index (χ0n) is 9.49. The molecule has 0 radical (unpaired) electrons. The largest absolute Gasteiger partial charge is 0.395 e. The fourth-order valence-electron chi connectivity index (χ4n) is 2.01. The summed E-state index contributed by atoms with van der Waals surface area (Å²) in [4.78, 5) is 2.14. The van der Waals surface area contributed by atoms with E-state index in [0.29, 0.717) is 18.2 Å². The first-order chi connectivity index (χ1) is 8.15. The van der Waals surface area contributed by atoms with Gasteiger partial charge in [0.2, 0.25) is 0 Å². The van der Waals surface area contributed by atoms with Gasteiger partial charge in [-0.3, -0.25) is 5.41 Å². The topological polar surface area (TPSA) is 73.3 Å². The van der Waals surface area contributed by atoms with E-state index in [-0.39, 0.29) is 12.4 Å². The number of nitrogen functional groups attached to an aromatic ring is 1. The number of nitrogens with two attached hydrogens (primary N) is 1.